The van der Waals surface area contributed by atoms with Gasteiger partial charge in [0.2, 0.25) is 5.91 Å². The molecule has 0 bridgehead atoms. The first kappa shape index (κ1) is 17.6. The smallest absolute Gasteiger partial charge is 0.283 e. The van der Waals surface area contributed by atoms with Crippen LogP contribution in [0.2, 0.25) is 0 Å². The van der Waals surface area contributed by atoms with Gasteiger partial charge in [-0.15, -0.1) is 0 Å². The summed E-state index contributed by atoms with van der Waals surface area (Å²) in [5, 5.41) is 9.84. The van der Waals surface area contributed by atoms with Gasteiger partial charge in [0.15, 0.2) is 0 Å². The van der Waals surface area contributed by atoms with Gasteiger partial charge in [-0.05, 0) is 22.4 Å². The average Bonchev–Trinajstić information content (AvgIpc) is 2.47. The minimum Gasteiger partial charge on any atom is -0.383 e. The van der Waals surface area contributed by atoms with E-state index in [1.165, 1.54) is 4.68 Å². The summed E-state index contributed by atoms with van der Waals surface area (Å²) in [5.41, 5.74) is 0.420. The van der Waals surface area contributed by atoms with Crippen molar-refractivity contribution in [3.05, 3.63) is 21.0 Å². The molecule has 0 aliphatic rings. The number of anilines is 1. The summed E-state index contributed by atoms with van der Waals surface area (Å²) < 4.78 is 6.69. The van der Waals surface area contributed by atoms with Gasteiger partial charge in [0.25, 0.3) is 5.56 Å². The Morgan fingerprint density at radius 2 is 2.24 bits per heavy atom. The average molecular weight is 361 g/mol. The highest BCUT2D eigenvalue weighted by Gasteiger charge is 2.08. The van der Waals surface area contributed by atoms with Crippen molar-refractivity contribution in [3.8, 4) is 0 Å². The lowest BCUT2D eigenvalue weighted by Crippen LogP contribution is -2.29. The van der Waals surface area contributed by atoms with Crippen LogP contribution in [0.4, 0.5) is 5.69 Å². The van der Waals surface area contributed by atoms with Gasteiger partial charge in [-0.1, -0.05) is 6.92 Å². The van der Waals surface area contributed by atoms with Crippen molar-refractivity contribution < 1.29 is 9.53 Å². The molecular weight excluding hydrogens is 340 g/mol. The number of amides is 1. The van der Waals surface area contributed by atoms with Gasteiger partial charge in [-0.25, -0.2) is 4.68 Å². The van der Waals surface area contributed by atoms with Crippen LogP contribution in [0.15, 0.2) is 15.5 Å². The molecule has 1 amide bonds. The Kier molecular flexibility index (Phi) is 7.99. The van der Waals surface area contributed by atoms with Gasteiger partial charge >= 0.3 is 0 Å². The molecule has 0 saturated carbocycles. The highest BCUT2D eigenvalue weighted by atomic mass is 79.9. The van der Waals surface area contributed by atoms with E-state index in [1.54, 1.807) is 13.3 Å². The summed E-state index contributed by atoms with van der Waals surface area (Å²) in [5.74, 6) is -0.0667. The van der Waals surface area contributed by atoms with Crippen molar-refractivity contribution in [1.29, 1.82) is 0 Å². The van der Waals surface area contributed by atoms with Gasteiger partial charge in [0.1, 0.15) is 4.47 Å². The predicted octanol–water partition coefficient (Wildman–Crippen LogP) is 0.980. The van der Waals surface area contributed by atoms with E-state index in [4.69, 9.17) is 4.74 Å². The van der Waals surface area contributed by atoms with Crippen molar-refractivity contribution in [1.82, 2.24) is 15.1 Å². The molecule has 8 heteroatoms. The number of nitrogens with zero attached hydrogens (tertiary/aromatic N) is 2. The lowest BCUT2D eigenvalue weighted by Gasteiger charge is -2.10. The SMILES string of the molecule is CCCn1ncc(NCCC(=O)NCCOC)c(Br)c1=O. The van der Waals surface area contributed by atoms with Crippen molar-refractivity contribution in [2.45, 2.75) is 26.3 Å². The molecule has 0 aromatic carbocycles. The summed E-state index contributed by atoms with van der Waals surface area (Å²) in [6.45, 7) is 3.98. The van der Waals surface area contributed by atoms with Crippen LogP contribution in [0.3, 0.4) is 0 Å². The standard InChI is InChI=1S/C13H21BrN4O3/c1-3-7-18-13(20)12(14)10(9-17-18)15-5-4-11(19)16-6-8-21-2/h9,15H,3-8H2,1-2H3,(H,16,19). The van der Waals surface area contributed by atoms with Crippen LogP contribution in [0.5, 0.6) is 0 Å². The van der Waals surface area contributed by atoms with Crippen LogP contribution in [-0.4, -0.2) is 42.5 Å². The highest BCUT2D eigenvalue weighted by molar-refractivity contribution is 9.10. The molecule has 1 aromatic rings. The Labute approximate surface area is 132 Å². The Morgan fingerprint density at radius 1 is 1.48 bits per heavy atom. The zero-order chi connectivity index (χ0) is 15.7. The van der Waals surface area contributed by atoms with E-state index in [2.05, 4.69) is 31.7 Å². The van der Waals surface area contributed by atoms with Crippen molar-refractivity contribution in [3.63, 3.8) is 0 Å². The van der Waals surface area contributed by atoms with Crippen molar-refractivity contribution >= 4 is 27.5 Å². The quantitative estimate of drug-likeness (QED) is 0.641. The molecule has 118 valence electrons. The maximum Gasteiger partial charge on any atom is 0.283 e. The van der Waals surface area contributed by atoms with E-state index in [0.717, 1.165) is 6.42 Å². The maximum atomic E-state index is 12.0. The molecule has 0 saturated heterocycles. The Morgan fingerprint density at radius 3 is 2.90 bits per heavy atom. The largest absolute Gasteiger partial charge is 0.383 e. The molecule has 1 heterocycles. The van der Waals surface area contributed by atoms with E-state index in [0.29, 0.717) is 42.8 Å². The number of hydrogen-bond donors (Lipinski definition) is 2. The second-order valence-electron chi connectivity index (χ2n) is 4.42. The molecule has 0 aliphatic heterocycles. The maximum absolute atomic E-state index is 12.0. The van der Waals surface area contributed by atoms with E-state index in [-0.39, 0.29) is 11.5 Å². The summed E-state index contributed by atoms with van der Waals surface area (Å²) in [6, 6.07) is 0. The molecule has 2 N–H and O–H groups in total. The lowest BCUT2D eigenvalue weighted by atomic mass is 10.3. The molecular formula is C13H21BrN4O3. The van der Waals surface area contributed by atoms with E-state index in [1.807, 2.05) is 6.92 Å². The minimum absolute atomic E-state index is 0.0667. The second kappa shape index (κ2) is 9.51. The Bertz CT molecular complexity index is 519. The van der Waals surface area contributed by atoms with Crippen LogP contribution in [-0.2, 0) is 16.1 Å². The Hall–Kier alpha value is -1.41. The number of carbonyl (C=O) groups excluding carboxylic acids is 1. The summed E-state index contributed by atoms with van der Waals surface area (Å²) in [4.78, 5) is 23.5. The predicted molar refractivity (Wildman–Crippen MR) is 84.5 cm³/mol. The summed E-state index contributed by atoms with van der Waals surface area (Å²) in [7, 11) is 1.58. The molecule has 1 aromatic heterocycles. The van der Waals surface area contributed by atoms with Gasteiger partial charge in [-0.3, -0.25) is 9.59 Å². The molecule has 0 fully saturated rings. The fraction of sp³-hybridized carbons (Fsp3) is 0.615. The third kappa shape index (κ3) is 5.84. The molecule has 0 atom stereocenters. The highest BCUT2D eigenvalue weighted by Crippen LogP contribution is 2.15. The van der Waals surface area contributed by atoms with Crippen LogP contribution >= 0.6 is 15.9 Å². The molecule has 7 nitrogen and oxygen atoms in total. The van der Waals surface area contributed by atoms with Gasteiger partial charge < -0.3 is 15.4 Å². The fourth-order valence-corrected chi connectivity index (χ4v) is 2.10. The fourth-order valence-electron chi connectivity index (χ4n) is 1.65. The zero-order valence-electron chi connectivity index (χ0n) is 12.3. The van der Waals surface area contributed by atoms with Crippen LogP contribution in [0.1, 0.15) is 19.8 Å². The van der Waals surface area contributed by atoms with Crippen LogP contribution < -0.4 is 16.2 Å². The van der Waals surface area contributed by atoms with Crippen LogP contribution in [0.25, 0.3) is 0 Å². The van der Waals surface area contributed by atoms with Crippen molar-refractivity contribution in [2.75, 3.05) is 32.1 Å². The number of aromatic nitrogens is 2. The van der Waals surface area contributed by atoms with Gasteiger partial charge in [0, 0.05) is 33.2 Å². The normalized spacial score (nSPS) is 10.4. The van der Waals surface area contributed by atoms with Crippen molar-refractivity contribution in [2.24, 2.45) is 0 Å². The minimum atomic E-state index is -0.175. The molecule has 1 rings (SSSR count). The number of hydrogen-bond acceptors (Lipinski definition) is 5. The Balaban J connectivity index is 2.47. The number of halogens is 1. The number of rotatable bonds is 9. The third-order valence-corrected chi connectivity index (χ3v) is 3.48. The topological polar surface area (TPSA) is 85.2 Å². The number of carbonyl (C=O) groups is 1. The summed E-state index contributed by atoms with van der Waals surface area (Å²) >= 11 is 3.27. The first-order chi connectivity index (χ1) is 10.1. The molecule has 0 aliphatic carbocycles. The zero-order valence-corrected chi connectivity index (χ0v) is 13.9. The van der Waals surface area contributed by atoms with E-state index >= 15 is 0 Å². The van der Waals surface area contributed by atoms with E-state index in [9.17, 15) is 9.59 Å². The molecule has 21 heavy (non-hydrogen) atoms. The number of aryl methyl sites for hydroxylation is 1. The van der Waals surface area contributed by atoms with Gasteiger partial charge in [-0.2, -0.15) is 5.10 Å². The monoisotopic (exact) mass is 360 g/mol. The first-order valence-corrected chi connectivity index (χ1v) is 7.64. The van der Waals surface area contributed by atoms with E-state index < -0.39 is 0 Å². The molecule has 0 radical (unpaired) electrons. The molecule has 0 spiro atoms. The number of nitrogens with one attached hydrogen (secondary N) is 2. The van der Waals surface area contributed by atoms with Gasteiger partial charge in [0.05, 0.1) is 18.5 Å². The number of methoxy groups -OCH3 is 1. The third-order valence-electron chi connectivity index (χ3n) is 2.72. The van der Waals surface area contributed by atoms with Crippen LogP contribution in [0, 0.1) is 0 Å². The second-order valence-corrected chi connectivity index (χ2v) is 5.21. The lowest BCUT2D eigenvalue weighted by molar-refractivity contribution is -0.121. The molecule has 0 unspecified atom stereocenters. The number of ether oxygens (including phenoxy) is 1. The summed E-state index contributed by atoms with van der Waals surface area (Å²) in [6.07, 6.45) is 2.74. The first-order valence-electron chi connectivity index (χ1n) is 6.85.